The summed E-state index contributed by atoms with van der Waals surface area (Å²) in [7, 11) is 3.30. The second kappa shape index (κ2) is 10.2. The lowest BCUT2D eigenvalue weighted by Crippen LogP contribution is -2.48. The molecular formula is C27H32N4O5. The number of ether oxygens (including phenoxy) is 3. The topological polar surface area (TPSA) is 93.2 Å². The molecule has 36 heavy (non-hydrogen) atoms. The molecule has 1 amide bonds. The Morgan fingerprint density at radius 3 is 2.61 bits per heavy atom. The fourth-order valence-electron chi connectivity index (χ4n) is 5.16. The average Bonchev–Trinajstić information content (AvgIpc) is 3.51. The highest BCUT2D eigenvalue weighted by Gasteiger charge is 2.48. The van der Waals surface area contributed by atoms with Crippen molar-refractivity contribution in [3.8, 4) is 11.5 Å². The molecule has 5 rings (SSSR count). The van der Waals surface area contributed by atoms with Crippen LogP contribution in [0.3, 0.4) is 0 Å². The third-order valence-electron chi connectivity index (χ3n) is 7.11. The summed E-state index contributed by atoms with van der Waals surface area (Å²) in [6, 6.07) is 11.4. The van der Waals surface area contributed by atoms with Crippen molar-refractivity contribution in [1.29, 1.82) is 0 Å². The van der Waals surface area contributed by atoms with Gasteiger partial charge in [0.25, 0.3) is 18.1 Å². The number of rotatable bonds is 10. The molecule has 2 fully saturated rings. The number of carbonyl (C=O) groups excluding carboxylic acids is 2. The van der Waals surface area contributed by atoms with Crippen molar-refractivity contribution in [2.45, 2.75) is 31.4 Å². The number of nitrogens with zero attached hydrogens (tertiary/aromatic N) is 3. The van der Waals surface area contributed by atoms with E-state index in [4.69, 9.17) is 19.2 Å². The standard InChI is InChI=1S/C27H32N4O5/c1-30-14-10-27(26(30)33,36-18-32)29-25-19-8-3-4-9-21(19)28-22-17-24(23(34-2)16-20(22)25)35-15-7-13-31-11-5-6-12-31/h3-4,8-9,16-18H,5-7,10-15H2,1-2H3,(H,28,29). The first-order chi connectivity index (χ1) is 17.5. The number of aromatic nitrogens is 1. The van der Waals surface area contributed by atoms with Crippen LogP contribution in [0.2, 0.25) is 0 Å². The maximum Gasteiger partial charge on any atom is 0.295 e. The van der Waals surface area contributed by atoms with Crippen molar-refractivity contribution in [3.63, 3.8) is 0 Å². The van der Waals surface area contributed by atoms with E-state index in [0.717, 1.165) is 29.3 Å². The molecule has 1 aromatic heterocycles. The van der Waals surface area contributed by atoms with Crippen LogP contribution in [0.15, 0.2) is 36.4 Å². The first-order valence-corrected chi connectivity index (χ1v) is 12.5. The van der Waals surface area contributed by atoms with Crippen LogP contribution in [-0.2, 0) is 14.3 Å². The number of likely N-dealkylation sites (N-methyl/N-ethyl adjacent to an activating group) is 1. The molecule has 0 aliphatic carbocycles. The van der Waals surface area contributed by atoms with Crippen molar-refractivity contribution in [1.82, 2.24) is 14.8 Å². The first-order valence-electron chi connectivity index (χ1n) is 12.5. The van der Waals surface area contributed by atoms with Gasteiger partial charge in [0, 0.05) is 43.4 Å². The molecule has 9 heteroatoms. The molecule has 2 aromatic carbocycles. The number of methoxy groups -OCH3 is 1. The predicted molar refractivity (Wildman–Crippen MR) is 137 cm³/mol. The molecule has 0 bridgehead atoms. The zero-order valence-electron chi connectivity index (χ0n) is 20.8. The number of anilines is 1. The van der Waals surface area contributed by atoms with E-state index in [9.17, 15) is 9.59 Å². The van der Waals surface area contributed by atoms with Gasteiger partial charge >= 0.3 is 0 Å². The molecule has 2 aliphatic heterocycles. The molecule has 190 valence electrons. The molecule has 0 radical (unpaired) electrons. The van der Waals surface area contributed by atoms with E-state index in [1.165, 1.54) is 25.9 Å². The number of benzene rings is 2. The average molecular weight is 493 g/mol. The van der Waals surface area contributed by atoms with Crippen LogP contribution in [0.1, 0.15) is 25.7 Å². The van der Waals surface area contributed by atoms with E-state index < -0.39 is 5.72 Å². The number of pyridine rings is 1. The van der Waals surface area contributed by atoms with Gasteiger partial charge in [0.15, 0.2) is 11.5 Å². The monoisotopic (exact) mass is 492 g/mol. The van der Waals surface area contributed by atoms with Crippen molar-refractivity contribution in [2.24, 2.45) is 0 Å². The van der Waals surface area contributed by atoms with Gasteiger partial charge in [-0.3, -0.25) is 9.59 Å². The van der Waals surface area contributed by atoms with Crippen LogP contribution in [0, 0.1) is 0 Å². The van der Waals surface area contributed by atoms with E-state index in [1.54, 1.807) is 19.1 Å². The quantitative estimate of drug-likeness (QED) is 0.199. The first kappa shape index (κ1) is 24.1. The zero-order valence-corrected chi connectivity index (χ0v) is 20.8. The highest BCUT2D eigenvalue weighted by atomic mass is 16.6. The lowest BCUT2D eigenvalue weighted by Gasteiger charge is -2.28. The van der Waals surface area contributed by atoms with Gasteiger partial charge in [0.2, 0.25) is 0 Å². The largest absolute Gasteiger partial charge is 0.493 e. The van der Waals surface area contributed by atoms with E-state index >= 15 is 0 Å². The Kier molecular flexibility index (Phi) is 6.82. The normalized spacial score (nSPS) is 20.3. The van der Waals surface area contributed by atoms with Crippen LogP contribution >= 0.6 is 0 Å². The molecule has 0 spiro atoms. The van der Waals surface area contributed by atoms with Gasteiger partial charge in [-0.15, -0.1) is 0 Å². The highest BCUT2D eigenvalue weighted by molar-refractivity contribution is 6.09. The number of hydrogen-bond acceptors (Lipinski definition) is 8. The Balaban J connectivity index is 1.52. The van der Waals surface area contributed by atoms with Crippen LogP contribution < -0.4 is 14.8 Å². The van der Waals surface area contributed by atoms with Gasteiger partial charge in [-0.05, 0) is 44.5 Å². The van der Waals surface area contributed by atoms with Crippen LogP contribution in [0.25, 0.3) is 21.8 Å². The highest BCUT2D eigenvalue weighted by Crippen LogP contribution is 2.40. The summed E-state index contributed by atoms with van der Waals surface area (Å²) in [5, 5.41) is 4.84. The number of likely N-dealkylation sites (tertiary alicyclic amines) is 2. The van der Waals surface area contributed by atoms with Gasteiger partial charge in [0.1, 0.15) is 0 Å². The second-order valence-electron chi connectivity index (χ2n) is 9.42. The van der Waals surface area contributed by atoms with Crippen molar-refractivity contribution < 1.29 is 23.8 Å². The number of fused-ring (bicyclic) bond motifs is 2. The van der Waals surface area contributed by atoms with Crippen LogP contribution in [-0.4, -0.2) is 79.8 Å². The number of nitrogens with one attached hydrogen (secondary N) is 1. The number of para-hydroxylation sites is 1. The summed E-state index contributed by atoms with van der Waals surface area (Å²) in [5.41, 5.74) is 0.607. The fourth-order valence-corrected chi connectivity index (χ4v) is 5.16. The molecule has 2 saturated heterocycles. The Hall–Kier alpha value is -3.59. The Bertz CT molecular complexity index is 1280. The maximum absolute atomic E-state index is 13.0. The van der Waals surface area contributed by atoms with Crippen molar-refractivity contribution >= 4 is 39.9 Å². The molecule has 1 unspecified atom stereocenters. The summed E-state index contributed by atoms with van der Waals surface area (Å²) in [6.45, 7) is 4.73. The van der Waals surface area contributed by atoms with E-state index in [1.807, 2.05) is 36.4 Å². The Morgan fingerprint density at radius 1 is 1.08 bits per heavy atom. The van der Waals surface area contributed by atoms with Crippen molar-refractivity contribution in [3.05, 3.63) is 36.4 Å². The number of amides is 1. The molecular weight excluding hydrogens is 460 g/mol. The van der Waals surface area contributed by atoms with Gasteiger partial charge < -0.3 is 29.3 Å². The molecule has 2 aliphatic rings. The lowest BCUT2D eigenvalue weighted by atomic mass is 10.0. The van der Waals surface area contributed by atoms with Crippen molar-refractivity contribution in [2.75, 3.05) is 52.3 Å². The van der Waals surface area contributed by atoms with Gasteiger partial charge in [-0.25, -0.2) is 4.98 Å². The Labute approximate surface area is 210 Å². The summed E-state index contributed by atoms with van der Waals surface area (Å²) in [6.07, 6.45) is 3.81. The van der Waals surface area contributed by atoms with E-state index in [-0.39, 0.29) is 5.91 Å². The summed E-state index contributed by atoms with van der Waals surface area (Å²) < 4.78 is 17.2. The fraction of sp³-hybridized carbons (Fsp3) is 0.444. The zero-order chi connectivity index (χ0) is 25.1. The molecule has 9 nitrogen and oxygen atoms in total. The smallest absolute Gasteiger partial charge is 0.295 e. The molecule has 3 aromatic rings. The molecule has 1 atom stereocenters. The number of hydrogen-bond donors (Lipinski definition) is 1. The summed E-state index contributed by atoms with van der Waals surface area (Å²) in [4.78, 5) is 33.3. The van der Waals surface area contributed by atoms with Gasteiger partial charge in [-0.1, -0.05) is 18.2 Å². The molecule has 0 saturated carbocycles. The van der Waals surface area contributed by atoms with Gasteiger partial charge in [0.05, 0.1) is 30.4 Å². The lowest BCUT2D eigenvalue weighted by molar-refractivity contribution is -0.154. The number of carbonyl (C=O) groups is 2. The molecule has 3 heterocycles. The minimum absolute atomic E-state index is 0.298. The summed E-state index contributed by atoms with van der Waals surface area (Å²) >= 11 is 0. The minimum atomic E-state index is -1.48. The van der Waals surface area contributed by atoms with Gasteiger partial charge in [-0.2, -0.15) is 0 Å². The summed E-state index contributed by atoms with van der Waals surface area (Å²) in [5.74, 6) is 0.897. The van der Waals surface area contributed by atoms with Crippen LogP contribution in [0.4, 0.5) is 5.69 Å². The van der Waals surface area contributed by atoms with E-state index in [0.29, 0.717) is 48.7 Å². The SMILES string of the molecule is COc1cc2c(NC3(OC=O)CCN(C)C3=O)c3ccccc3nc2cc1OCCCN1CCCC1. The third kappa shape index (κ3) is 4.51. The van der Waals surface area contributed by atoms with Crippen LogP contribution in [0.5, 0.6) is 11.5 Å². The van der Waals surface area contributed by atoms with E-state index in [2.05, 4.69) is 10.2 Å². The maximum atomic E-state index is 13.0. The Morgan fingerprint density at radius 2 is 1.89 bits per heavy atom. The predicted octanol–water partition coefficient (Wildman–Crippen LogP) is 3.40. The minimum Gasteiger partial charge on any atom is -0.493 e. The third-order valence-corrected chi connectivity index (χ3v) is 7.11. The second-order valence-corrected chi connectivity index (χ2v) is 9.42. The molecule has 1 N–H and O–H groups in total.